The van der Waals surface area contributed by atoms with Crippen LogP contribution in [0.5, 0.6) is 0 Å². The van der Waals surface area contributed by atoms with Gasteiger partial charge >= 0.3 is 0 Å². The highest BCUT2D eigenvalue weighted by Crippen LogP contribution is 2.32. The number of likely N-dealkylation sites (tertiary alicyclic amines) is 1. The third-order valence-corrected chi connectivity index (χ3v) is 4.99. The van der Waals surface area contributed by atoms with Gasteiger partial charge in [-0.05, 0) is 62.3 Å². The monoisotopic (exact) mass is 380 g/mol. The lowest BCUT2D eigenvalue weighted by molar-refractivity contribution is -0.117. The second-order valence-electron chi connectivity index (χ2n) is 7.02. The number of para-hydroxylation sites is 1. The SMILES string of the molecule is O=C(CN1CCCCC1)Nc1c(C(=O)c2ccc(F)cc2)oc2ccccc12. The van der Waals surface area contributed by atoms with Crippen LogP contribution in [0.15, 0.2) is 52.9 Å². The Morgan fingerprint density at radius 1 is 1.00 bits per heavy atom. The average Bonchev–Trinajstić information content (AvgIpc) is 3.07. The predicted molar refractivity (Wildman–Crippen MR) is 105 cm³/mol. The van der Waals surface area contributed by atoms with E-state index >= 15 is 0 Å². The Hall–Kier alpha value is -2.99. The van der Waals surface area contributed by atoms with E-state index in [-0.39, 0.29) is 18.2 Å². The first-order valence-corrected chi connectivity index (χ1v) is 9.46. The van der Waals surface area contributed by atoms with Crippen LogP contribution in [0.1, 0.15) is 35.4 Å². The topological polar surface area (TPSA) is 62.6 Å². The third-order valence-electron chi connectivity index (χ3n) is 4.99. The Bertz CT molecular complexity index is 1000. The highest BCUT2D eigenvalue weighted by Gasteiger charge is 2.24. The number of amides is 1. The average molecular weight is 380 g/mol. The number of benzene rings is 2. The molecule has 28 heavy (non-hydrogen) atoms. The largest absolute Gasteiger partial charge is 0.450 e. The molecule has 6 heteroatoms. The maximum atomic E-state index is 13.2. The molecule has 0 radical (unpaired) electrons. The summed E-state index contributed by atoms with van der Waals surface area (Å²) in [5, 5.41) is 3.54. The predicted octanol–water partition coefficient (Wildman–Crippen LogP) is 4.23. The number of fused-ring (bicyclic) bond motifs is 1. The van der Waals surface area contributed by atoms with Crippen molar-refractivity contribution in [3.8, 4) is 0 Å². The Labute approximate surface area is 162 Å². The van der Waals surface area contributed by atoms with Crippen molar-refractivity contribution in [2.45, 2.75) is 19.3 Å². The van der Waals surface area contributed by atoms with Gasteiger partial charge in [0, 0.05) is 10.9 Å². The Morgan fingerprint density at radius 2 is 1.71 bits per heavy atom. The smallest absolute Gasteiger partial charge is 0.238 e. The summed E-state index contributed by atoms with van der Waals surface area (Å²) >= 11 is 0. The van der Waals surface area contributed by atoms with Gasteiger partial charge in [-0.1, -0.05) is 18.6 Å². The number of nitrogens with one attached hydrogen (secondary N) is 1. The van der Waals surface area contributed by atoms with Gasteiger partial charge in [-0.3, -0.25) is 14.5 Å². The molecule has 1 saturated heterocycles. The number of furan rings is 1. The number of hydrogen-bond donors (Lipinski definition) is 1. The fourth-order valence-electron chi connectivity index (χ4n) is 3.56. The van der Waals surface area contributed by atoms with Crippen LogP contribution in [-0.4, -0.2) is 36.2 Å². The molecule has 0 aliphatic carbocycles. The van der Waals surface area contributed by atoms with Gasteiger partial charge in [-0.15, -0.1) is 0 Å². The van der Waals surface area contributed by atoms with Crippen molar-refractivity contribution in [2.75, 3.05) is 25.0 Å². The zero-order valence-electron chi connectivity index (χ0n) is 15.4. The first kappa shape index (κ1) is 18.4. The molecule has 0 saturated carbocycles. The van der Waals surface area contributed by atoms with Crippen LogP contribution in [-0.2, 0) is 4.79 Å². The minimum absolute atomic E-state index is 0.0554. The van der Waals surface area contributed by atoms with Gasteiger partial charge in [0.25, 0.3) is 0 Å². The minimum Gasteiger partial charge on any atom is -0.450 e. The van der Waals surface area contributed by atoms with E-state index in [9.17, 15) is 14.0 Å². The molecule has 4 rings (SSSR count). The number of ketones is 1. The summed E-state index contributed by atoms with van der Waals surface area (Å²) in [6, 6.07) is 12.4. The summed E-state index contributed by atoms with van der Waals surface area (Å²) in [6.45, 7) is 2.09. The molecule has 2 aromatic carbocycles. The van der Waals surface area contributed by atoms with Crippen LogP contribution in [0.4, 0.5) is 10.1 Å². The molecule has 1 N–H and O–H groups in total. The molecule has 1 amide bonds. The van der Waals surface area contributed by atoms with E-state index in [0.717, 1.165) is 25.9 Å². The standard InChI is InChI=1S/C22H21FN2O3/c23-16-10-8-15(9-11-16)21(27)22-20(17-6-2-3-7-18(17)28-22)24-19(26)14-25-12-4-1-5-13-25/h2-3,6-11H,1,4-5,12-14H2,(H,24,26). The minimum atomic E-state index is -0.420. The molecule has 2 heterocycles. The number of hydrogen-bond acceptors (Lipinski definition) is 4. The van der Waals surface area contributed by atoms with Crippen LogP contribution in [0.2, 0.25) is 0 Å². The van der Waals surface area contributed by atoms with Crippen molar-refractivity contribution in [1.82, 2.24) is 4.90 Å². The summed E-state index contributed by atoms with van der Waals surface area (Å²) < 4.78 is 19.0. The summed E-state index contributed by atoms with van der Waals surface area (Å²) in [7, 11) is 0. The zero-order chi connectivity index (χ0) is 19.5. The van der Waals surface area contributed by atoms with Gasteiger partial charge in [0.2, 0.25) is 11.7 Å². The molecular weight excluding hydrogens is 359 g/mol. The van der Waals surface area contributed by atoms with Crippen molar-refractivity contribution in [3.05, 3.63) is 65.7 Å². The molecule has 0 unspecified atom stereocenters. The van der Waals surface area contributed by atoms with E-state index in [1.54, 1.807) is 18.2 Å². The van der Waals surface area contributed by atoms with Gasteiger partial charge < -0.3 is 9.73 Å². The summed E-state index contributed by atoms with van der Waals surface area (Å²) in [6.07, 6.45) is 3.38. The quantitative estimate of drug-likeness (QED) is 0.673. The van der Waals surface area contributed by atoms with E-state index in [2.05, 4.69) is 10.2 Å². The molecule has 0 bridgehead atoms. The molecule has 1 aromatic heterocycles. The summed E-state index contributed by atoms with van der Waals surface area (Å²) in [5.41, 5.74) is 1.18. The first-order chi connectivity index (χ1) is 13.6. The molecule has 0 spiro atoms. The van der Waals surface area contributed by atoms with Crippen LogP contribution >= 0.6 is 0 Å². The number of nitrogens with zero attached hydrogens (tertiary/aromatic N) is 1. The molecule has 1 aliphatic heterocycles. The first-order valence-electron chi connectivity index (χ1n) is 9.46. The van der Waals surface area contributed by atoms with E-state index in [1.165, 1.54) is 30.7 Å². The lowest BCUT2D eigenvalue weighted by Crippen LogP contribution is -2.37. The lowest BCUT2D eigenvalue weighted by Gasteiger charge is -2.25. The molecular formula is C22H21FN2O3. The van der Waals surface area contributed by atoms with Crippen LogP contribution in [0.3, 0.4) is 0 Å². The fraction of sp³-hybridized carbons (Fsp3) is 0.273. The van der Waals surface area contributed by atoms with Gasteiger partial charge in [0.15, 0.2) is 5.76 Å². The summed E-state index contributed by atoms with van der Waals surface area (Å²) in [4.78, 5) is 27.7. The van der Waals surface area contributed by atoms with Crippen LogP contribution in [0.25, 0.3) is 11.0 Å². The van der Waals surface area contributed by atoms with Crippen molar-refractivity contribution in [1.29, 1.82) is 0 Å². The maximum Gasteiger partial charge on any atom is 0.238 e. The number of halogens is 1. The number of carbonyl (C=O) groups excluding carboxylic acids is 2. The van der Waals surface area contributed by atoms with Crippen molar-refractivity contribution >= 4 is 28.3 Å². The second kappa shape index (κ2) is 7.94. The van der Waals surface area contributed by atoms with Gasteiger partial charge in [0.05, 0.1) is 12.2 Å². The lowest BCUT2D eigenvalue weighted by atomic mass is 10.1. The Kier molecular flexibility index (Phi) is 5.21. The van der Waals surface area contributed by atoms with Crippen LogP contribution in [0, 0.1) is 5.82 Å². The molecule has 3 aromatic rings. The van der Waals surface area contributed by atoms with Gasteiger partial charge in [-0.25, -0.2) is 4.39 Å². The number of rotatable bonds is 5. The van der Waals surface area contributed by atoms with E-state index in [1.807, 2.05) is 6.07 Å². The molecule has 1 fully saturated rings. The van der Waals surface area contributed by atoms with Crippen LogP contribution < -0.4 is 5.32 Å². The van der Waals surface area contributed by atoms with E-state index < -0.39 is 11.6 Å². The van der Waals surface area contributed by atoms with E-state index in [0.29, 0.717) is 22.2 Å². The van der Waals surface area contributed by atoms with Crippen molar-refractivity contribution in [3.63, 3.8) is 0 Å². The molecule has 1 aliphatic rings. The highest BCUT2D eigenvalue weighted by atomic mass is 19.1. The normalized spacial score (nSPS) is 14.9. The maximum absolute atomic E-state index is 13.2. The van der Waals surface area contributed by atoms with Gasteiger partial charge in [-0.2, -0.15) is 0 Å². The van der Waals surface area contributed by atoms with Crippen molar-refractivity contribution < 1.29 is 18.4 Å². The summed E-state index contributed by atoms with van der Waals surface area (Å²) in [5.74, 6) is -0.943. The van der Waals surface area contributed by atoms with Gasteiger partial charge in [0.1, 0.15) is 11.4 Å². The highest BCUT2D eigenvalue weighted by molar-refractivity contribution is 6.17. The van der Waals surface area contributed by atoms with Crippen molar-refractivity contribution in [2.24, 2.45) is 0 Å². The third kappa shape index (κ3) is 3.82. The molecule has 0 atom stereocenters. The van der Waals surface area contributed by atoms with E-state index in [4.69, 9.17) is 4.42 Å². The Balaban J connectivity index is 1.64. The second-order valence-corrected chi connectivity index (χ2v) is 7.02. The molecule has 5 nitrogen and oxygen atoms in total. The Morgan fingerprint density at radius 3 is 2.46 bits per heavy atom. The number of piperidine rings is 1. The molecule has 144 valence electrons. The zero-order valence-corrected chi connectivity index (χ0v) is 15.4. The fourth-order valence-corrected chi connectivity index (χ4v) is 3.56. The number of anilines is 1. The number of carbonyl (C=O) groups is 2.